The molecule has 0 radical (unpaired) electrons. The molecule has 3 atom stereocenters. The molecule has 6 aliphatic rings. The van der Waals surface area contributed by atoms with Crippen LogP contribution in [-0.4, -0.2) is 33.1 Å². The van der Waals surface area contributed by atoms with Crippen LogP contribution in [0.5, 0.6) is 0 Å². The van der Waals surface area contributed by atoms with Gasteiger partial charge in [0.25, 0.3) is 11.9 Å². The molecule has 2 aromatic heterocycles. The maximum atomic E-state index is 3.12. The van der Waals surface area contributed by atoms with E-state index < -0.39 is 0 Å². The number of aryl methyl sites for hydroxylation is 4. The summed E-state index contributed by atoms with van der Waals surface area (Å²) in [7, 11) is 0. The third-order valence-electron chi connectivity index (χ3n) is 15.0. The standard InChI is InChI=1S/C49H57N3S/c1-27(2)47-51(32-15-11-9-12-16-32)49(52(47)33-17-13-10-14-18-33)44-34-20-21-36-42(45-43(48(36,7)8)35-24-28(3)19-22-39(35)53-45)41(34)38-26-31(6)40-30(5)23-29(4)25-37(40)50(38)46(44)49/h19-27,32-33,44,46H,9-18H2,1-8H3/q+2. The van der Waals surface area contributed by atoms with Gasteiger partial charge < -0.3 is 0 Å². The number of benzene rings is 3. The normalized spacial score (nSPS) is 25.9. The van der Waals surface area contributed by atoms with Crippen molar-refractivity contribution in [2.75, 3.05) is 0 Å². The van der Waals surface area contributed by atoms with Gasteiger partial charge >= 0.3 is 5.66 Å². The van der Waals surface area contributed by atoms with E-state index in [0.717, 1.165) is 0 Å². The molecule has 11 rings (SSSR count). The van der Waals surface area contributed by atoms with E-state index >= 15 is 0 Å². The summed E-state index contributed by atoms with van der Waals surface area (Å²) in [6.45, 7) is 19.3. The summed E-state index contributed by atoms with van der Waals surface area (Å²) in [4.78, 5) is 4.64. The monoisotopic (exact) mass is 719 g/mol. The lowest BCUT2D eigenvalue weighted by Crippen LogP contribution is -2.73. The Hall–Kier alpha value is -3.50. The first-order valence-corrected chi connectivity index (χ1v) is 22.0. The Morgan fingerprint density at radius 3 is 2.23 bits per heavy atom. The maximum absolute atomic E-state index is 3.12. The summed E-state index contributed by atoms with van der Waals surface area (Å²) in [5.74, 6) is 2.65. The van der Waals surface area contributed by atoms with E-state index in [2.05, 4.69) is 129 Å². The van der Waals surface area contributed by atoms with Crippen molar-refractivity contribution in [1.29, 1.82) is 0 Å². The van der Waals surface area contributed by atoms with Crippen LogP contribution in [0.2, 0.25) is 0 Å². The van der Waals surface area contributed by atoms with Gasteiger partial charge in [-0.2, -0.15) is 4.57 Å². The third kappa shape index (κ3) is 4.07. The lowest BCUT2D eigenvalue weighted by Gasteiger charge is -2.48. The molecule has 3 aromatic carbocycles. The summed E-state index contributed by atoms with van der Waals surface area (Å²) < 4.78 is 7.50. The van der Waals surface area contributed by atoms with Gasteiger partial charge in [-0.25, -0.2) is 9.48 Å². The topological polar surface area (TPSA) is 10.1 Å². The van der Waals surface area contributed by atoms with Gasteiger partial charge in [-0.3, -0.25) is 0 Å². The van der Waals surface area contributed by atoms with Crippen LogP contribution in [0.15, 0.2) is 48.5 Å². The maximum Gasteiger partial charge on any atom is 0.321 e. The van der Waals surface area contributed by atoms with Gasteiger partial charge in [-0.05, 0) is 124 Å². The molecule has 4 aliphatic carbocycles. The number of hydrogen-bond acceptors (Lipinski definition) is 2. The molecular weight excluding hydrogens is 663 g/mol. The van der Waals surface area contributed by atoms with Crippen molar-refractivity contribution < 1.29 is 9.14 Å². The van der Waals surface area contributed by atoms with Crippen LogP contribution in [0.25, 0.3) is 42.7 Å². The van der Waals surface area contributed by atoms with Gasteiger partial charge in [0, 0.05) is 32.7 Å². The fraction of sp³-hybridized carbons (Fsp3) is 0.510. The Bertz CT molecular complexity index is 2450. The second-order valence-electron chi connectivity index (χ2n) is 19.0. The highest BCUT2D eigenvalue weighted by atomic mass is 32.1. The average Bonchev–Trinajstić information content (AvgIpc) is 3.61. The first kappa shape index (κ1) is 32.9. The van der Waals surface area contributed by atoms with Crippen LogP contribution in [0.4, 0.5) is 0 Å². The van der Waals surface area contributed by atoms with Crippen molar-refractivity contribution in [2.45, 2.75) is 155 Å². The third-order valence-corrected chi connectivity index (χ3v) is 16.2. The molecular formula is C49H57N3S+2. The fourth-order valence-corrected chi connectivity index (χ4v) is 14.5. The lowest BCUT2D eigenvalue weighted by molar-refractivity contribution is -0.746. The number of amidine groups is 1. The lowest BCUT2D eigenvalue weighted by atomic mass is 9.79. The summed E-state index contributed by atoms with van der Waals surface area (Å²) in [5, 5.41) is 2.93. The molecule has 3 saturated carbocycles. The van der Waals surface area contributed by atoms with E-state index in [4.69, 9.17) is 0 Å². The Balaban J connectivity index is 1.26. The van der Waals surface area contributed by atoms with Crippen LogP contribution in [-0.2, 0) is 5.41 Å². The Labute approximate surface area is 320 Å². The van der Waals surface area contributed by atoms with Gasteiger partial charge in [-0.15, -0.1) is 11.3 Å². The molecule has 5 aromatic rings. The van der Waals surface area contributed by atoms with E-state index in [0.29, 0.717) is 30.0 Å². The number of nitrogens with zero attached hydrogens (tertiary/aromatic N) is 3. The van der Waals surface area contributed by atoms with Crippen molar-refractivity contribution >= 4 is 38.2 Å². The molecule has 3 fully saturated rings. The minimum absolute atomic E-state index is 0.00339. The van der Waals surface area contributed by atoms with Crippen LogP contribution in [0, 0.1) is 33.6 Å². The van der Waals surface area contributed by atoms with E-state index in [-0.39, 0.29) is 11.1 Å². The zero-order valence-corrected chi connectivity index (χ0v) is 34.1. The molecule has 1 spiro atoms. The predicted octanol–water partition coefficient (Wildman–Crippen LogP) is 11.9. The number of pyridine rings is 1. The number of fused-ring (bicyclic) bond motifs is 16. The summed E-state index contributed by atoms with van der Waals surface area (Å²) >= 11 is 2.05. The highest BCUT2D eigenvalue weighted by molar-refractivity contribution is 7.22. The molecule has 0 N–H and O–H groups in total. The van der Waals surface area contributed by atoms with Crippen LogP contribution in [0.1, 0.15) is 143 Å². The van der Waals surface area contributed by atoms with Crippen molar-refractivity contribution in [3.8, 4) is 21.7 Å². The van der Waals surface area contributed by atoms with Crippen molar-refractivity contribution in [2.24, 2.45) is 5.92 Å². The van der Waals surface area contributed by atoms with Crippen LogP contribution in [0.3, 0.4) is 0 Å². The quantitative estimate of drug-likeness (QED) is 0.169. The molecule has 272 valence electrons. The SMILES string of the molecule is Cc1ccc2sc3c(c2c1)C(C)(C)c1ccc2c(c1-3)-c1cc(C)c3c(C)cc(C)cc3[n+]1C1C2C12N(C1CCCCC1)C(C(C)C)=[N+]2C1CCCCC1. The molecule has 53 heavy (non-hydrogen) atoms. The smallest absolute Gasteiger partial charge is 0.213 e. The second kappa shape index (κ2) is 11.1. The Morgan fingerprint density at radius 2 is 1.49 bits per heavy atom. The summed E-state index contributed by atoms with van der Waals surface area (Å²) in [5.41, 5.74) is 16.2. The van der Waals surface area contributed by atoms with E-state index in [1.54, 1.807) is 28.1 Å². The van der Waals surface area contributed by atoms with E-state index in [1.165, 1.54) is 124 Å². The summed E-state index contributed by atoms with van der Waals surface area (Å²) in [6.07, 6.45) is 13.7. The van der Waals surface area contributed by atoms with Gasteiger partial charge in [0.05, 0.1) is 16.9 Å². The molecule has 2 aliphatic heterocycles. The van der Waals surface area contributed by atoms with Crippen LogP contribution >= 0.6 is 11.3 Å². The van der Waals surface area contributed by atoms with Crippen molar-refractivity contribution in [3.63, 3.8) is 0 Å². The molecule has 0 amide bonds. The average molecular weight is 720 g/mol. The Morgan fingerprint density at radius 1 is 0.774 bits per heavy atom. The molecule has 3 unspecified atom stereocenters. The first-order valence-electron chi connectivity index (χ1n) is 21.2. The number of rotatable bonds is 3. The fourth-order valence-electron chi connectivity index (χ4n) is 13.1. The highest BCUT2D eigenvalue weighted by Crippen LogP contribution is 2.73. The summed E-state index contributed by atoms with van der Waals surface area (Å²) in [6, 6.07) is 21.7. The molecule has 0 bridgehead atoms. The molecule has 4 heterocycles. The van der Waals surface area contributed by atoms with Crippen molar-refractivity contribution in [3.05, 3.63) is 87.5 Å². The minimum atomic E-state index is -0.0505. The Kier molecular flexibility index (Phi) is 6.86. The predicted molar refractivity (Wildman–Crippen MR) is 222 cm³/mol. The molecule has 0 saturated heterocycles. The van der Waals surface area contributed by atoms with Crippen molar-refractivity contribution in [1.82, 2.24) is 4.90 Å². The zero-order valence-electron chi connectivity index (χ0n) is 33.3. The van der Waals surface area contributed by atoms with E-state index in [9.17, 15) is 0 Å². The number of hydrogen-bond donors (Lipinski definition) is 0. The second-order valence-corrected chi connectivity index (χ2v) is 20.0. The first-order chi connectivity index (χ1) is 25.5. The highest BCUT2D eigenvalue weighted by Gasteiger charge is 2.93. The van der Waals surface area contributed by atoms with Gasteiger partial charge in [-0.1, -0.05) is 76.4 Å². The largest absolute Gasteiger partial charge is 0.321 e. The van der Waals surface area contributed by atoms with E-state index in [1.807, 2.05) is 0 Å². The number of thiophene rings is 1. The zero-order chi connectivity index (χ0) is 36.3. The van der Waals surface area contributed by atoms with Gasteiger partial charge in [0.2, 0.25) is 11.2 Å². The van der Waals surface area contributed by atoms with Gasteiger partial charge in [0.1, 0.15) is 18.0 Å². The molecule has 3 nitrogen and oxygen atoms in total. The minimum Gasteiger partial charge on any atom is -0.213 e. The number of aromatic nitrogens is 1. The molecule has 4 heteroatoms. The van der Waals surface area contributed by atoms with Gasteiger partial charge in [0.15, 0.2) is 0 Å². The van der Waals surface area contributed by atoms with Crippen LogP contribution < -0.4 is 4.57 Å².